The molecule has 1 fully saturated rings. The zero-order chi connectivity index (χ0) is 13.9. The van der Waals surface area contributed by atoms with Crippen LogP contribution < -0.4 is 5.32 Å². The average Bonchev–Trinajstić information content (AvgIpc) is 2.77. The molecule has 0 aromatic carbocycles. The number of aromatic nitrogens is 2. The van der Waals surface area contributed by atoms with Gasteiger partial charge in [0.1, 0.15) is 5.75 Å². The molecule has 0 saturated carbocycles. The number of rotatable bonds is 5. The van der Waals surface area contributed by atoms with Crippen LogP contribution in [0.4, 0.5) is 0 Å². The minimum absolute atomic E-state index is 0.0964. The minimum atomic E-state index is -3.14. The minimum Gasteiger partial charge on any atom is -0.338 e. The summed E-state index contributed by atoms with van der Waals surface area (Å²) >= 11 is 0. The lowest BCUT2D eigenvalue weighted by atomic mass is 10.1. The maximum Gasteiger partial charge on any atom is 0.241 e. The van der Waals surface area contributed by atoms with Crippen LogP contribution in [-0.4, -0.2) is 55.9 Å². The molecular weight excluding hydrogens is 268 g/mol. The summed E-state index contributed by atoms with van der Waals surface area (Å²) in [5, 5.41) is 7.23. The summed E-state index contributed by atoms with van der Waals surface area (Å²) in [6.45, 7) is 5.84. The van der Waals surface area contributed by atoms with Crippen LogP contribution >= 0.6 is 0 Å². The van der Waals surface area contributed by atoms with Gasteiger partial charge in [0.25, 0.3) is 0 Å². The highest BCUT2D eigenvalue weighted by molar-refractivity contribution is 7.89. The van der Waals surface area contributed by atoms with E-state index in [1.807, 2.05) is 0 Å². The smallest absolute Gasteiger partial charge is 0.241 e. The lowest BCUT2D eigenvalue weighted by molar-refractivity contribution is 0.160. The Bertz CT molecular complexity index is 508. The zero-order valence-corrected chi connectivity index (χ0v) is 12.1. The summed E-state index contributed by atoms with van der Waals surface area (Å²) in [6, 6.07) is 0.0964. The molecule has 0 aliphatic carbocycles. The van der Waals surface area contributed by atoms with Gasteiger partial charge in [0.15, 0.2) is 15.7 Å². The number of piperazine rings is 1. The van der Waals surface area contributed by atoms with Crippen molar-refractivity contribution >= 4 is 9.84 Å². The molecule has 1 N–H and O–H groups in total. The number of hydrogen-bond acceptors (Lipinski definition) is 7. The molecule has 1 unspecified atom stereocenters. The maximum absolute atomic E-state index is 11.2. The summed E-state index contributed by atoms with van der Waals surface area (Å²) in [6.07, 6.45) is 2.03. The molecule has 0 spiro atoms. The number of nitrogens with zero attached hydrogens (tertiary/aromatic N) is 3. The topological polar surface area (TPSA) is 88.3 Å². The van der Waals surface area contributed by atoms with E-state index in [4.69, 9.17) is 4.52 Å². The van der Waals surface area contributed by atoms with E-state index in [2.05, 4.69) is 27.3 Å². The van der Waals surface area contributed by atoms with Crippen LogP contribution in [0.1, 0.15) is 31.1 Å². The Balaban J connectivity index is 2.10. The van der Waals surface area contributed by atoms with Gasteiger partial charge in [-0.3, -0.25) is 4.90 Å². The Morgan fingerprint density at radius 2 is 2.11 bits per heavy atom. The predicted octanol–water partition coefficient (Wildman–Crippen LogP) is -0.0295. The first-order valence-corrected chi connectivity index (χ1v) is 8.50. The molecule has 1 aromatic rings. The van der Waals surface area contributed by atoms with Gasteiger partial charge in [-0.25, -0.2) is 8.42 Å². The fourth-order valence-corrected chi connectivity index (χ4v) is 2.85. The molecule has 1 saturated heterocycles. The van der Waals surface area contributed by atoms with Crippen LogP contribution in [0.2, 0.25) is 0 Å². The second-order valence-corrected chi connectivity index (χ2v) is 6.97. The normalized spacial score (nSPS) is 19.5. The Morgan fingerprint density at radius 1 is 1.42 bits per heavy atom. The highest BCUT2D eigenvalue weighted by Crippen LogP contribution is 2.22. The van der Waals surface area contributed by atoms with Crippen LogP contribution in [-0.2, 0) is 15.6 Å². The molecule has 8 heteroatoms. The number of sulfone groups is 1. The van der Waals surface area contributed by atoms with E-state index in [0.29, 0.717) is 5.82 Å². The maximum atomic E-state index is 11.2. The van der Waals surface area contributed by atoms with Crippen molar-refractivity contribution in [2.45, 2.75) is 25.1 Å². The van der Waals surface area contributed by atoms with Gasteiger partial charge in [-0.05, 0) is 6.42 Å². The second kappa shape index (κ2) is 5.98. The SMILES string of the molecule is CCC(c1noc(CS(C)(=O)=O)n1)N1CCNCC1. The van der Waals surface area contributed by atoms with Gasteiger partial charge in [-0.15, -0.1) is 0 Å². The molecule has 19 heavy (non-hydrogen) atoms. The summed E-state index contributed by atoms with van der Waals surface area (Å²) < 4.78 is 27.4. The van der Waals surface area contributed by atoms with Crippen molar-refractivity contribution in [3.05, 3.63) is 11.7 Å². The van der Waals surface area contributed by atoms with E-state index in [-0.39, 0.29) is 17.7 Å². The van der Waals surface area contributed by atoms with Gasteiger partial charge in [-0.2, -0.15) is 4.98 Å². The Labute approximate surface area is 113 Å². The predicted molar refractivity (Wildman–Crippen MR) is 70.3 cm³/mol. The molecule has 108 valence electrons. The molecule has 1 atom stereocenters. The molecule has 2 heterocycles. The number of hydrogen-bond donors (Lipinski definition) is 1. The first kappa shape index (κ1) is 14.4. The largest absolute Gasteiger partial charge is 0.338 e. The van der Waals surface area contributed by atoms with Gasteiger partial charge in [0, 0.05) is 32.4 Å². The van der Waals surface area contributed by atoms with E-state index >= 15 is 0 Å². The van der Waals surface area contributed by atoms with Crippen LogP contribution in [0, 0.1) is 0 Å². The lowest BCUT2D eigenvalue weighted by Crippen LogP contribution is -2.45. The fraction of sp³-hybridized carbons (Fsp3) is 0.818. The van der Waals surface area contributed by atoms with Crippen LogP contribution in [0.25, 0.3) is 0 Å². The fourth-order valence-electron chi connectivity index (χ4n) is 2.28. The molecular formula is C11H20N4O3S. The Morgan fingerprint density at radius 3 is 2.68 bits per heavy atom. The summed E-state index contributed by atoms with van der Waals surface area (Å²) in [7, 11) is -3.14. The Hall–Kier alpha value is -0.990. The highest BCUT2D eigenvalue weighted by Gasteiger charge is 2.25. The highest BCUT2D eigenvalue weighted by atomic mass is 32.2. The molecule has 0 bridgehead atoms. The molecule has 2 rings (SSSR count). The van der Waals surface area contributed by atoms with Gasteiger partial charge in [-0.1, -0.05) is 12.1 Å². The molecule has 0 amide bonds. The summed E-state index contributed by atoms with van der Waals surface area (Å²) in [5.41, 5.74) is 0. The summed E-state index contributed by atoms with van der Waals surface area (Å²) in [4.78, 5) is 6.52. The average molecular weight is 288 g/mol. The van der Waals surface area contributed by atoms with Crippen molar-refractivity contribution < 1.29 is 12.9 Å². The second-order valence-electron chi connectivity index (χ2n) is 4.83. The summed E-state index contributed by atoms with van der Waals surface area (Å²) in [5.74, 6) is 0.562. The van der Waals surface area contributed by atoms with Crippen molar-refractivity contribution in [1.29, 1.82) is 0 Å². The molecule has 1 aliphatic heterocycles. The van der Waals surface area contributed by atoms with Crippen LogP contribution in [0.15, 0.2) is 4.52 Å². The molecule has 1 aliphatic rings. The van der Waals surface area contributed by atoms with Crippen molar-refractivity contribution in [2.75, 3.05) is 32.4 Å². The van der Waals surface area contributed by atoms with Crippen molar-refractivity contribution in [2.24, 2.45) is 0 Å². The molecule has 0 radical (unpaired) electrons. The van der Waals surface area contributed by atoms with Crippen molar-refractivity contribution in [3.8, 4) is 0 Å². The number of nitrogens with one attached hydrogen (secondary N) is 1. The quantitative estimate of drug-likeness (QED) is 0.814. The molecule has 1 aromatic heterocycles. The first-order chi connectivity index (χ1) is 8.99. The van der Waals surface area contributed by atoms with Gasteiger partial charge < -0.3 is 9.84 Å². The van der Waals surface area contributed by atoms with Crippen LogP contribution in [0.5, 0.6) is 0 Å². The van der Waals surface area contributed by atoms with Crippen molar-refractivity contribution in [1.82, 2.24) is 20.4 Å². The van der Waals surface area contributed by atoms with E-state index in [1.165, 1.54) is 0 Å². The van der Waals surface area contributed by atoms with Gasteiger partial charge >= 0.3 is 0 Å². The van der Waals surface area contributed by atoms with E-state index in [1.54, 1.807) is 0 Å². The first-order valence-electron chi connectivity index (χ1n) is 6.44. The third kappa shape index (κ3) is 3.99. The van der Waals surface area contributed by atoms with Crippen molar-refractivity contribution in [3.63, 3.8) is 0 Å². The Kier molecular flexibility index (Phi) is 4.54. The third-order valence-electron chi connectivity index (χ3n) is 3.15. The van der Waals surface area contributed by atoms with E-state index in [0.717, 1.165) is 38.9 Å². The van der Waals surface area contributed by atoms with Crippen LogP contribution in [0.3, 0.4) is 0 Å². The van der Waals surface area contributed by atoms with E-state index in [9.17, 15) is 8.42 Å². The molecule has 7 nitrogen and oxygen atoms in total. The zero-order valence-electron chi connectivity index (χ0n) is 11.3. The van der Waals surface area contributed by atoms with Gasteiger partial charge in [0.2, 0.25) is 5.89 Å². The van der Waals surface area contributed by atoms with Gasteiger partial charge in [0.05, 0.1) is 6.04 Å². The van der Waals surface area contributed by atoms with E-state index < -0.39 is 9.84 Å². The lowest BCUT2D eigenvalue weighted by Gasteiger charge is -2.32. The third-order valence-corrected chi connectivity index (χ3v) is 3.92. The monoisotopic (exact) mass is 288 g/mol. The standard InChI is InChI=1S/C11H20N4O3S/c1-3-9(15-6-4-12-5-7-15)11-13-10(18-14-11)8-19(2,16)17/h9,12H,3-8H2,1-2H3.